The highest BCUT2D eigenvalue weighted by atomic mass is 16.5. The van der Waals surface area contributed by atoms with Crippen molar-refractivity contribution in [3.8, 4) is 0 Å². The minimum atomic E-state index is -0.732. The standard InChI is InChI=1S/C14H19N3O3/c1-9(18)16-10-4-3-5-11(6-10)17-13(19)14(2)8-20-7-12(14)15/h3-6,12H,7-8,15H2,1-2H3,(H,16,18)(H,17,19). The lowest BCUT2D eigenvalue weighted by Crippen LogP contribution is -2.47. The van der Waals surface area contributed by atoms with Crippen LogP contribution in [0.15, 0.2) is 24.3 Å². The van der Waals surface area contributed by atoms with Gasteiger partial charge in [-0.3, -0.25) is 9.59 Å². The van der Waals surface area contributed by atoms with Gasteiger partial charge in [-0.25, -0.2) is 0 Å². The number of anilines is 2. The number of amides is 2. The van der Waals surface area contributed by atoms with Crippen molar-refractivity contribution in [3.05, 3.63) is 24.3 Å². The predicted molar refractivity (Wildman–Crippen MR) is 76.3 cm³/mol. The lowest BCUT2D eigenvalue weighted by Gasteiger charge is -2.25. The number of hydrogen-bond donors (Lipinski definition) is 3. The van der Waals surface area contributed by atoms with Gasteiger partial charge in [0.15, 0.2) is 0 Å². The molecular formula is C14H19N3O3. The highest BCUT2D eigenvalue weighted by Gasteiger charge is 2.44. The maximum atomic E-state index is 12.3. The van der Waals surface area contributed by atoms with Crippen LogP contribution >= 0.6 is 0 Å². The molecule has 20 heavy (non-hydrogen) atoms. The summed E-state index contributed by atoms with van der Waals surface area (Å²) in [5.41, 5.74) is 6.43. The summed E-state index contributed by atoms with van der Waals surface area (Å²) in [5.74, 6) is -0.339. The number of carbonyl (C=O) groups is 2. The van der Waals surface area contributed by atoms with Crippen molar-refractivity contribution >= 4 is 23.2 Å². The predicted octanol–water partition coefficient (Wildman–Crippen LogP) is 0.947. The molecule has 6 nitrogen and oxygen atoms in total. The van der Waals surface area contributed by atoms with E-state index >= 15 is 0 Å². The zero-order valence-electron chi connectivity index (χ0n) is 11.6. The summed E-state index contributed by atoms with van der Waals surface area (Å²) in [7, 11) is 0. The second-order valence-corrected chi connectivity index (χ2v) is 5.26. The summed E-state index contributed by atoms with van der Waals surface area (Å²) in [4.78, 5) is 23.3. The monoisotopic (exact) mass is 277 g/mol. The molecule has 1 aromatic rings. The van der Waals surface area contributed by atoms with Crippen LogP contribution in [0.25, 0.3) is 0 Å². The topological polar surface area (TPSA) is 93.5 Å². The van der Waals surface area contributed by atoms with Crippen molar-refractivity contribution in [2.45, 2.75) is 19.9 Å². The van der Waals surface area contributed by atoms with Gasteiger partial charge < -0.3 is 21.1 Å². The van der Waals surface area contributed by atoms with E-state index in [0.717, 1.165) is 0 Å². The lowest BCUT2D eigenvalue weighted by molar-refractivity contribution is -0.125. The van der Waals surface area contributed by atoms with Crippen LogP contribution in [0.3, 0.4) is 0 Å². The third-order valence-corrected chi connectivity index (χ3v) is 3.48. The molecule has 108 valence electrons. The van der Waals surface area contributed by atoms with E-state index in [0.29, 0.717) is 24.6 Å². The fourth-order valence-corrected chi connectivity index (χ4v) is 2.07. The van der Waals surface area contributed by atoms with E-state index in [-0.39, 0.29) is 17.9 Å². The molecule has 0 aliphatic carbocycles. The molecule has 2 rings (SSSR count). The zero-order chi connectivity index (χ0) is 14.8. The van der Waals surface area contributed by atoms with Crippen LogP contribution in [-0.4, -0.2) is 31.1 Å². The quantitative estimate of drug-likeness (QED) is 0.766. The summed E-state index contributed by atoms with van der Waals surface area (Å²) < 4.78 is 5.26. The first-order valence-corrected chi connectivity index (χ1v) is 6.44. The third-order valence-electron chi connectivity index (χ3n) is 3.48. The molecule has 1 aliphatic rings. The van der Waals surface area contributed by atoms with Gasteiger partial charge in [-0.2, -0.15) is 0 Å². The third kappa shape index (κ3) is 2.97. The fourth-order valence-electron chi connectivity index (χ4n) is 2.07. The Hall–Kier alpha value is -1.92. The summed E-state index contributed by atoms with van der Waals surface area (Å²) >= 11 is 0. The molecule has 0 bridgehead atoms. The molecule has 6 heteroatoms. The van der Waals surface area contributed by atoms with Crippen molar-refractivity contribution in [1.29, 1.82) is 0 Å². The first-order chi connectivity index (χ1) is 9.41. The Kier molecular flexibility index (Phi) is 4.06. The van der Waals surface area contributed by atoms with Crippen LogP contribution in [0.5, 0.6) is 0 Å². The Morgan fingerprint density at radius 3 is 2.55 bits per heavy atom. The molecule has 2 atom stereocenters. The van der Waals surface area contributed by atoms with Crippen molar-refractivity contribution < 1.29 is 14.3 Å². The summed E-state index contributed by atoms with van der Waals surface area (Å²) in [6.45, 7) is 3.92. The molecule has 4 N–H and O–H groups in total. The van der Waals surface area contributed by atoms with Crippen molar-refractivity contribution in [2.75, 3.05) is 23.8 Å². The summed E-state index contributed by atoms with van der Waals surface area (Å²) in [6.07, 6.45) is 0. The number of rotatable bonds is 3. The van der Waals surface area contributed by atoms with Gasteiger partial charge in [0.05, 0.1) is 18.6 Å². The number of ether oxygens (including phenoxy) is 1. The first-order valence-electron chi connectivity index (χ1n) is 6.44. The first kappa shape index (κ1) is 14.5. The van der Waals surface area contributed by atoms with Gasteiger partial charge in [-0.1, -0.05) is 6.07 Å². The van der Waals surface area contributed by atoms with Crippen LogP contribution in [0.1, 0.15) is 13.8 Å². The van der Waals surface area contributed by atoms with E-state index in [1.165, 1.54) is 6.92 Å². The minimum Gasteiger partial charge on any atom is -0.379 e. The smallest absolute Gasteiger partial charge is 0.234 e. The van der Waals surface area contributed by atoms with Crippen molar-refractivity contribution in [1.82, 2.24) is 0 Å². The van der Waals surface area contributed by atoms with E-state index in [2.05, 4.69) is 10.6 Å². The molecule has 2 amide bonds. The second kappa shape index (κ2) is 5.60. The van der Waals surface area contributed by atoms with Gasteiger partial charge in [-0.05, 0) is 25.1 Å². The SMILES string of the molecule is CC(=O)Nc1cccc(NC(=O)C2(C)COCC2N)c1. The largest absolute Gasteiger partial charge is 0.379 e. The number of nitrogens with two attached hydrogens (primary N) is 1. The molecule has 0 spiro atoms. The zero-order valence-corrected chi connectivity index (χ0v) is 11.6. The maximum Gasteiger partial charge on any atom is 0.234 e. The lowest BCUT2D eigenvalue weighted by atomic mass is 9.85. The Labute approximate surface area is 117 Å². The van der Waals surface area contributed by atoms with Gasteiger partial charge >= 0.3 is 0 Å². The van der Waals surface area contributed by atoms with Crippen molar-refractivity contribution in [2.24, 2.45) is 11.1 Å². The van der Waals surface area contributed by atoms with Gasteiger partial charge in [0.1, 0.15) is 0 Å². The molecule has 0 radical (unpaired) electrons. The Balaban J connectivity index is 2.10. The van der Waals surface area contributed by atoms with E-state index < -0.39 is 5.41 Å². The van der Waals surface area contributed by atoms with E-state index in [1.54, 1.807) is 31.2 Å². The van der Waals surface area contributed by atoms with Gasteiger partial charge in [-0.15, -0.1) is 0 Å². The normalized spacial score (nSPS) is 25.2. The van der Waals surface area contributed by atoms with Crippen LogP contribution < -0.4 is 16.4 Å². The van der Waals surface area contributed by atoms with E-state index in [4.69, 9.17) is 10.5 Å². The number of hydrogen-bond acceptors (Lipinski definition) is 4. The Morgan fingerprint density at radius 2 is 2.00 bits per heavy atom. The molecule has 1 heterocycles. The van der Waals surface area contributed by atoms with E-state index in [9.17, 15) is 9.59 Å². The molecule has 1 aliphatic heterocycles. The second-order valence-electron chi connectivity index (χ2n) is 5.26. The average molecular weight is 277 g/mol. The molecule has 1 saturated heterocycles. The molecule has 0 aromatic heterocycles. The van der Waals surface area contributed by atoms with Crippen LogP contribution in [0.4, 0.5) is 11.4 Å². The molecular weight excluding hydrogens is 258 g/mol. The van der Waals surface area contributed by atoms with Gasteiger partial charge in [0.2, 0.25) is 11.8 Å². The Bertz CT molecular complexity index is 532. The van der Waals surface area contributed by atoms with E-state index in [1.807, 2.05) is 0 Å². The average Bonchev–Trinajstić information content (AvgIpc) is 2.70. The fraction of sp³-hybridized carbons (Fsp3) is 0.429. The molecule has 0 saturated carbocycles. The molecule has 1 fully saturated rings. The van der Waals surface area contributed by atoms with Crippen LogP contribution in [-0.2, 0) is 14.3 Å². The van der Waals surface area contributed by atoms with Gasteiger partial charge in [0, 0.05) is 24.3 Å². The number of nitrogens with one attached hydrogen (secondary N) is 2. The molecule has 2 unspecified atom stereocenters. The minimum absolute atomic E-state index is 0.161. The van der Waals surface area contributed by atoms with Crippen LogP contribution in [0.2, 0.25) is 0 Å². The van der Waals surface area contributed by atoms with Gasteiger partial charge in [0.25, 0.3) is 0 Å². The summed E-state index contributed by atoms with van der Waals surface area (Å²) in [5, 5.41) is 5.48. The highest BCUT2D eigenvalue weighted by Crippen LogP contribution is 2.29. The maximum absolute atomic E-state index is 12.3. The number of carbonyl (C=O) groups excluding carboxylic acids is 2. The highest BCUT2D eigenvalue weighted by molar-refractivity contribution is 5.97. The van der Waals surface area contributed by atoms with Crippen LogP contribution in [0, 0.1) is 5.41 Å². The number of benzene rings is 1. The summed E-state index contributed by atoms with van der Waals surface area (Å²) in [6, 6.07) is 6.65. The Morgan fingerprint density at radius 1 is 1.35 bits per heavy atom. The van der Waals surface area contributed by atoms with Crippen molar-refractivity contribution in [3.63, 3.8) is 0 Å². The molecule has 1 aromatic carbocycles.